The number of hydrogen-bond donors (Lipinski definition) is 2. The van der Waals surface area contributed by atoms with Crippen LogP contribution < -0.4 is 15.8 Å². The molecule has 1 heterocycles. The van der Waals surface area contributed by atoms with Gasteiger partial charge in [-0.05, 0) is 43.4 Å². The van der Waals surface area contributed by atoms with Gasteiger partial charge in [-0.3, -0.25) is 9.59 Å². The van der Waals surface area contributed by atoms with E-state index in [1.807, 2.05) is 6.07 Å². The van der Waals surface area contributed by atoms with E-state index in [-0.39, 0.29) is 0 Å². The molecule has 0 aliphatic heterocycles. The van der Waals surface area contributed by atoms with Crippen molar-refractivity contribution in [2.45, 2.75) is 38.7 Å². The van der Waals surface area contributed by atoms with Gasteiger partial charge in [0.05, 0.1) is 5.56 Å². The van der Waals surface area contributed by atoms with Gasteiger partial charge in [0.25, 0.3) is 11.8 Å². The van der Waals surface area contributed by atoms with Crippen molar-refractivity contribution in [3.63, 3.8) is 0 Å². The summed E-state index contributed by atoms with van der Waals surface area (Å²) in [6.07, 6.45) is 2.23. The Morgan fingerprint density at radius 2 is 1.96 bits per heavy atom. The van der Waals surface area contributed by atoms with Gasteiger partial charge in [-0.25, -0.2) is 4.79 Å². The van der Waals surface area contributed by atoms with Crippen LogP contribution in [0.15, 0.2) is 30.3 Å². The van der Waals surface area contributed by atoms with Crippen LogP contribution in [0.4, 0.5) is 5.00 Å². The number of primary amides is 1. The zero-order valence-corrected chi connectivity index (χ0v) is 16.3. The molecule has 2 aromatic rings. The van der Waals surface area contributed by atoms with Crippen LogP contribution in [0.1, 0.15) is 40.6 Å². The van der Waals surface area contributed by atoms with Crippen LogP contribution >= 0.6 is 11.3 Å². The van der Waals surface area contributed by atoms with Crippen molar-refractivity contribution >= 4 is 34.1 Å². The lowest BCUT2D eigenvalue weighted by Gasteiger charge is -2.16. The Labute approximate surface area is 166 Å². The highest BCUT2D eigenvalue weighted by atomic mass is 32.1. The predicted molar refractivity (Wildman–Crippen MR) is 106 cm³/mol. The monoisotopic (exact) mass is 402 g/mol. The summed E-state index contributed by atoms with van der Waals surface area (Å²) in [5.41, 5.74) is 6.77. The maximum Gasteiger partial charge on any atom is 0.347 e. The summed E-state index contributed by atoms with van der Waals surface area (Å²) in [5.74, 6) is -1.15. The third kappa shape index (κ3) is 4.51. The summed E-state index contributed by atoms with van der Waals surface area (Å²) in [5, 5.41) is 3.07. The normalized spacial score (nSPS) is 13.5. The lowest BCUT2D eigenvalue weighted by Crippen LogP contribution is -2.31. The largest absolute Gasteiger partial charge is 0.479 e. The molecule has 3 N–H and O–H groups in total. The molecule has 0 fully saturated rings. The molecular weight excluding hydrogens is 380 g/mol. The number of esters is 1. The van der Waals surface area contributed by atoms with Crippen LogP contribution in [-0.4, -0.2) is 30.5 Å². The number of nitrogens with one attached hydrogen (secondary N) is 1. The number of aryl methyl sites for hydroxylation is 1. The topological polar surface area (TPSA) is 108 Å². The van der Waals surface area contributed by atoms with Gasteiger partial charge in [-0.15, -0.1) is 11.3 Å². The van der Waals surface area contributed by atoms with Crippen LogP contribution in [0.3, 0.4) is 0 Å². The van der Waals surface area contributed by atoms with Crippen molar-refractivity contribution in [2.24, 2.45) is 5.73 Å². The number of para-hydroxylation sites is 1. The minimum Gasteiger partial charge on any atom is -0.479 e. The molecule has 0 spiro atoms. The molecule has 0 saturated heterocycles. The van der Waals surface area contributed by atoms with Gasteiger partial charge < -0.3 is 20.5 Å². The maximum absolute atomic E-state index is 12.2. The summed E-state index contributed by atoms with van der Waals surface area (Å²) >= 11 is 1.35. The summed E-state index contributed by atoms with van der Waals surface area (Å²) in [4.78, 5) is 37.3. The van der Waals surface area contributed by atoms with E-state index in [1.54, 1.807) is 31.2 Å². The number of carbonyl (C=O) groups excluding carboxylic acids is 3. The van der Waals surface area contributed by atoms with Crippen molar-refractivity contribution in [3.05, 3.63) is 46.3 Å². The first-order valence-electron chi connectivity index (χ1n) is 9.12. The Hall–Kier alpha value is -2.87. The van der Waals surface area contributed by atoms with Crippen LogP contribution in [0.2, 0.25) is 0 Å². The molecule has 3 rings (SSSR count). The van der Waals surface area contributed by atoms with E-state index in [0.29, 0.717) is 22.7 Å². The molecule has 1 aromatic heterocycles. The highest BCUT2D eigenvalue weighted by Gasteiger charge is 2.27. The van der Waals surface area contributed by atoms with E-state index in [0.717, 1.165) is 29.7 Å². The lowest BCUT2D eigenvalue weighted by atomic mass is 10.1. The Bertz CT molecular complexity index is 878. The number of anilines is 1. The number of nitrogens with two attached hydrogens (primary N) is 1. The Kier molecular flexibility index (Phi) is 6.30. The first-order valence-corrected chi connectivity index (χ1v) is 9.93. The van der Waals surface area contributed by atoms with Crippen LogP contribution in [0.25, 0.3) is 0 Å². The van der Waals surface area contributed by atoms with Gasteiger partial charge in [0.15, 0.2) is 12.7 Å². The Balaban J connectivity index is 1.57. The van der Waals surface area contributed by atoms with Gasteiger partial charge in [0.2, 0.25) is 0 Å². The van der Waals surface area contributed by atoms with Crippen LogP contribution in [0.5, 0.6) is 5.75 Å². The molecule has 0 saturated carbocycles. The number of amides is 2. The summed E-state index contributed by atoms with van der Waals surface area (Å²) < 4.78 is 10.7. The average Bonchev–Trinajstić information content (AvgIpc) is 3.25. The third-order valence-electron chi connectivity index (χ3n) is 4.42. The second-order valence-corrected chi connectivity index (χ2v) is 7.51. The second-order valence-electron chi connectivity index (χ2n) is 6.41. The third-order valence-corrected chi connectivity index (χ3v) is 5.63. The Morgan fingerprint density at radius 1 is 1.21 bits per heavy atom. The van der Waals surface area contributed by atoms with Crippen molar-refractivity contribution in [2.75, 3.05) is 11.9 Å². The molecule has 0 unspecified atom stereocenters. The zero-order valence-electron chi connectivity index (χ0n) is 15.5. The summed E-state index contributed by atoms with van der Waals surface area (Å²) in [6, 6.07) is 8.93. The number of ether oxygens (including phenoxy) is 2. The first-order chi connectivity index (χ1) is 13.5. The van der Waals surface area contributed by atoms with E-state index in [4.69, 9.17) is 15.2 Å². The molecule has 148 valence electrons. The maximum atomic E-state index is 12.2. The van der Waals surface area contributed by atoms with Crippen molar-refractivity contribution < 1.29 is 23.9 Å². The van der Waals surface area contributed by atoms with E-state index < -0.39 is 30.5 Å². The average molecular weight is 402 g/mol. The van der Waals surface area contributed by atoms with E-state index >= 15 is 0 Å². The molecular formula is C20H22N2O5S. The minimum absolute atomic E-state index is 0.371. The molecule has 1 atom stereocenters. The highest BCUT2D eigenvalue weighted by molar-refractivity contribution is 7.17. The molecule has 0 bridgehead atoms. The second kappa shape index (κ2) is 8.88. The van der Waals surface area contributed by atoms with E-state index in [1.165, 1.54) is 11.3 Å². The van der Waals surface area contributed by atoms with Crippen molar-refractivity contribution in [1.29, 1.82) is 0 Å². The number of thiophene rings is 1. The molecule has 8 heteroatoms. The molecule has 0 radical (unpaired) electrons. The number of carbonyl (C=O) groups is 3. The van der Waals surface area contributed by atoms with Gasteiger partial charge in [-0.1, -0.05) is 25.1 Å². The van der Waals surface area contributed by atoms with E-state index in [9.17, 15) is 14.4 Å². The van der Waals surface area contributed by atoms with Gasteiger partial charge in [0.1, 0.15) is 10.8 Å². The molecule has 2 amide bonds. The number of fused-ring (bicyclic) bond motifs is 1. The smallest absolute Gasteiger partial charge is 0.347 e. The fourth-order valence-corrected chi connectivity index (χ4v) is 4.42. The standard InChI is InChI=1S/C20H22N2O5S/c1-2-14(27-12-7-4-3-5-8-12)20(25)26-11-16(23)22-19-17(18(21)24)13-9-6-10-15(13)28-19/h3-5,7-8,14H,2,6,9-11H2,1H3,(H2,21,24)(H,22,23)/t14-/m1/s1. The molecule has 1 aromatic carbocycles. The Morgan fingerprint density at radius 3 is 2.64 bits per heavy atom. The predicted octanol–water partition coefficient (Wildman–Crippen LogP) is 2.68. The van der Waals surface area contributed by atoms with Crippen molar-refractivity contribution in [3.8, 4) is 5.75 Å². The first kappa shape index (κ1) is 19.9. The van der Waals surface area contributed by atoms with Gasteiger partial charge >= 0.3 is 5.97 Å². The highest BCUT2D eigenvalue weighted by Crippen LogP contribution is 2.38. The molecule has 28 heavy (non-hydrogen) atoms. The molecule has 1 aliphatic rings. The lowest BCUT2D eigenvalue weighted by molar-refractivity contribution is -0.154. The SMILES string of the molecule is CC[C@@H](Oc1ccccc1)C(=O)OCC(=O)Nc1sc2c(c1C(N)=O)CCC2. The summed E-state index contributed by atoms with van der Waals surface area (Å²) in [6.45, 7) is 1.33. The number of benzene rings is 1. The molecule has 7 nitrogen and oxygen atoms in total. The van der Waals surface area contributed by atoms with E-state index in [2.05, 4.69) is 5.32 Å². The van der Waals surface area contributed by atoms with Crippen LogP contribution in [0, 0.1) is 0 Å². The minimum atomic E-state index is -0.804. The number of hydrogen-bond acceptors (Lipinski definition) is 6. The quantitative estimate of drug-likeness (QED) is 0.660. The fourth-order valence-electron chi connectivity index (χ4n) is 3.11. The fraction of sp³-hybridized carbons (Fsp3) is 0.350. The summed E-state index contributed by atoms with van der Waals surface area (Å²) in [7, 11) is 0. The molecule has 1 aliphatic carbocycles. The van der Waals surface area contributed by atoms with Crippen molar-refractivity contribution in [1.82, 2.24) is 0 Å². The van der Waals surface area contributed by atoms with Crippen LogP contribution in [-0.2, 0) is 27.2 Å². The van der Waals surface area contributed by atoms with Gasteiger partial charge in [0, 0.05) is 4.88 Å². The van der Waals surface area contributed by atoms with Gasteiger partial charge in [-0.2, -0.15) is 0 Å². The zero-order chi connectivity index (χ0) is 20.1. The number of rotatable bonds is 8.